The zero-order valence-electron chi connectivity index (χ0n) is 14.0. The number of nitriles is 1. The minimum atomic E-state index is 0. The van der Waals surface area contributed by atoms with Crippen LogP contribution in [-0.2, 0) is 18.3 Å². The van der Waals surface area contributed by atoms with Crippen molar-refractivity contribution in [2.24, 2.45) is 7.05 Å². The molecule has 0 aromatic carbocycles. The van der Waals surface area contributed by atoms with Gasteiger partial charge in [0.25, 0.3) is 0 Å². The Morgan fingerprint density at radius 2 is 2.08 bits per heavy atom. The fourth-order valence-corrected chi connectivity index (χ4v) is 2.73. The van der Waals surface area contributed by atoms with Crippen molar-refractivity contribution in [1.82, 2.24) is 9.55 Å². The zero-order valence-corrected chi connectivity index (χ0v) is 14.8. The van der Waals surface area contributed by atoms with Crippen molar-refractivity contribution in [3.8, 4) is 6.07 Å². The van der Waals surface area contributed by atoms with Gasteiger partial charge in [0, 0.05) is 32.4 Å². The molecule has 2 aromatic rings. The lowest BCUT2D eigenvalue weighted by molar-refractivity contribution is 0.122. The lowest BCUT2D eigenvalue weighted by atomic mass is 10.2. The molecule has 0 atom stereocenters. The second-order valence-electron chi connectivity index (χ2n) is 5.67. The highest BCUT2D eigenvalue weighted by Gasteiger charge is 2.12. The Morgan fingerprint density at radius 3 is 2.67 bits per heavy atom. The molecular formula is C17H22ClN5O. The van der Waals surface area contributed by atoms with E-state index in [4.69, 9.17) is 10.00 Å². The van der Waals surface area contributed by atoms with Crippen LogP contribution in [0, 0.1) is 18.3 Å². The first-order valence-corrected chi connectivity index (χ1v) is 7.77. The summed E-state index contributed by atoms with van der Waals surface area (Å²) >= 11 is 0. The normalized spacial score (nSPS) is 14.0. The van der Waals surface area contributed by atoms with Gasteiger partial charge in [0.2, 0.25) is 0 Å². The van der Waals surface area contributed by atoms with E-state index in [0.29, 0.717) is 12.2 Å². The Labute approximate surface area is 148 Å². The van der Waals surface area contributed by atoms with E-state index in [1.165, 1.54) is 0 Å². The summed E-state index contributed by atoms with van der Waals surface area (Å²) in [6, 6.07) is 8.20. The van der Waals surface area contributed by atoms with Gasteiger partial charge in [0.1, 0.15) is 17.6 Å². The van der Waals surface area contributed by atoms with E-state index in [1.807, 2.05) is 36.9 Å². The van der Waals surface area contributed by atoms with Gasteiger partial charge in [0.05, 0.1) is 25.1 Å². The fraction of sp³-hybridized carbons (Fsp3) is 0.412. The van der Waals surface area contributed by atoms with Crippen molar-refractivity contribution in [3.05, 3.63) is 41.3 Å². The molecule has 7 heteroatoms. The molecule has 3 heterocycles. The maximum atomic E-state index is 9.08. The molecule has 0 bridgehead atoms. The van der Waals surface area contributed by atoms with Gasteiger partial charge >= 0.3 is 0 Å². The van der Waals surface area contributed by atoms with Crippen LogP contribution in [0.1, 0.15) is 17.0 Å². The van der Waals surface area contributed by atoms with Crippen LogP contribution in [0.4, 0.5) is 11.5 Å². The number of anilines is 2. The number of hydrogen-bond donors (Lipinski definition) is 1. The van der Waals surface area contributed by atoms with Crippen LogP contribution >= 0.6 is 12.4 Å². The fourth-order valence-electron chi connectivity index (χ4n) is 2.73. The van der Waals surface area contributed by atoms with Gasteiger partial charge < -0.3 is 19.5 Å². The molecule has 0 saturated carbocycles. The average Bonchev–Trinajstić information content (AvgIpc) is 2.89. The lowest BCUT2D eigenvalue weighted by Crippen LogP contribution is -2.36. The van der Waals surface area contributed by atoms with Crippen molar-refractivity contribution in [1.29, 1.82) is 5.26 Å². The third kappa shape index (κ3) is 3.81. The molecule has 3 rings (SSSR count). The van der Waals surface area contributed by atoms with Crippen LogP contribution in [0.5, 0.6) is 0 Å². The summed E-state index contributed by atoms with van der Waals surface area (Å²) in [5.74, 6) is 0.837. The van der Waals surface area contributed by atoms with Gasteiger partial charge in [-0.1, -0.05) is 0 Å². The van der Waals surface area contributed by atoms with Gasteiger partial charge in [-0.15, -0.1) is 12.4 Å². The predicted octanol–water partition coefficient (Wildman–Crippen LogP) is 2.47. The number of morpholine rings is 1. The highest BCUT2D eigenvalue weighted by Crippen LogP contribution is 2.18. The van der Waals surface area contributed by atoms with Gasteiger partial charge in [0.15, 0.2) is 0 Å². The molecule has 0 spiro atoms. The number of rotatable bonds is 4. The Morgan fingerprint density at radius 1 is 1.33 bits per heavy atom. The summed E-state index contributed by atoms with van der Waals surface area (Å²) in [7, 11) is 1.91. The Bertz CT molecular complexity index is 714. The maximum absolute atomic E-state index is 9.08. The number of nitrogens with one attached hydrogen (secondary N) is 1. The molecule has 1 N–H and O–H groups in total. The van der Waals surface area contributed by atoms with Crippen molar-refractivity contribution in [2.75, 3.05) is 36.5 Å². The number of nitrogens with zero attached hydrogens (tertiary/aromatic N) is 4. The molecule has 1 aliphatic rings. The SMILES string of the molecule is Cc1c(CNc2ccc(N3CCOCC3)cn2)cc(C#N)n1C.Cl. The molecule has 0 unspecified atom stereocenters. The summed E-state index contributed by atoms with van der Waals surface area (Å²) in [6.07, 6.45) is 1.90. The van der Waals surface area contributed by atoms with E-state index in [2.05, 4.69) is 27.3 Å². The number of halogens is 1. The second-order valence-corrected chi connectivity index (χ2v) is 5.67. The molecule has 24 heavy (non-hydrogen) atoms. The van der Waals surface area contributed by atoms with Crippen LogP contribution < -0.4 is 10.2 Å². The summed E-state index contributed by atoms with van der Waals surface area (Å²) in [4.78, 5) is 6.76. The molecule has 0 aliphatic carbocycles. The number of pyridine rings is 1. The van der Waals surface area contributed by atoms with Crippen molar-refractivity contribution in [2.45, 2.75) is 13.5 Å². The Kier molecular flexibility index (Phi) is 6.07. The quantitative estimate of drug-likeness (QED) is 0.920. The Hall–Kier alpha value is -2.23. The van der Waals surface area contributed by atoms with E-state index >= 15 is 0 Å². The first-order valence-electron chi connectivity index (χ1n) is 7.77. The summed E-state index contributed by atoms with van der Waals surface area (Å²) in [6.45, 7) is 6.05. The molecule has 0 amide bonds. The molecule has 1 fully saturated rings. The van der Waals surface area contributed by atoms with Crippen LogP contribution in [0.25, 0.3) is 0 Å². The average molecular weight is 348 g/mol. The monoisotopic (exact) mass is 347 g/mol. The maximum Gasteiger partial charge on any atom is 0.126 e. The third-order valence-corrected chi connectivity index (χ3v) is 4.34. The van der Waals surface area contributed by atoms with Crippen LogP contribution in [-0.4, -0.2) is 35.9 Å². The highest BCUT2D eigenvalue weighted by atomic mass is 35.5. The second kappa shape index (κ2) is 8.04. The first-order chi connectivity index (χ1) is 11.2. The van der Waals surface area contributed by atoms with E-state index in [9.17, 15) is 0 Å². The number of aromatic nitrogens is 2. The third-order valence-electron chi connectivity index (χ3n) is 4.34. The van der Waals surface area contributed by atoms with Crippen molar-refractivity contribution < 1.29 is 4.74 Å². The molecule has 1 aliphatic heterocycles. The molecule has 1 saturated heterocycles. The molecular weight excluding hydrogens is 326 g/mol. The summed E-state index contributed by atoms with van der Waals surface area (Å²) in [5, 5.41) is 12.4. The first kappa shape index (κ1) is 18.1. The lowest BCUT2D eigenvalue weighted by Gasteiger charge is -2.28. The summed E-state index contributed by atoms with van der Waals surface area (Å²) in [5.41, 5.74) is 4.01. The van der Waals surface area contributed by atoms with E-state index < -0.39 is 0 Å². The van der Waals surface area contributed by atoms with E-state index in [0.717, 1.165) is 49.1 Å². The largest absolute Gasteiger partial charge is 0.378 e. The minimum absolute atomic E-state index is 0. The smallest absolute Gasteiger partial charge is 0.126 e. The topological polar surface area (TPSA) is 66.1 Å². The van der Waals surface area contributed by atoms with Crippen molar-refractivity contribution >= 4 is 23.9 Å². The van der Waals surface area contributed by atoms with E-state index in [1.54, 1.807) is 0 Å². The van der Waals surface area contributed by atoms with Gasteiger partial charge in [-0.2, -0.15) is 5.26 Å². The molecule has 6 nitrogen and oxygen atoms in total. The van der Waals surface area contributed by atoms with Crippen LogP contribution in [0.3, 0.4) is 0 Å². The predicted molar refractivity (Wildman–Crippen MR) is 96.7 cm³/mol. The summed E-state index contributed by atoms with van der Waals surface area (Å²) < 4.78 is 7.27. The standard InChI is InChI=1S/C17H21N5O.ClH/c1-13-14(9-16(10-18)21(13)2)11-19-17-4-3-15(12-20-17)22-5-7-23-8-6-22;/h3-4,9,12H,5-8,11H2,1-2H3,(H,19,20);1H. The van der Waals surface area contributed by atoms with Gasteiger partial charge in [-0.05, 0) is 30.7 Å². The molecule has 2 aromatic heterocycles. The minimum Gasteiger partial charge on any atom is -0.378 e. The van der Waals surface area contributed by atoms with Crippen molar-refractivity contribution in [3.63, 3.8) is 0 Å². The Balaban J connectivity index is 0.00000208. The van der Waals surface area contributed by atoms with Gasteiger partial charge in [-0.25, -0.2) is 4.98 Å². The van der Waals surface area contributed by atoms with Gasteiger partial charge in [-0.3, -0.25) is 0 Å². The number of ether oxygens (including phenoxy) is 1. The molecule has 128 valence electrons. The number of hydrogen-bond acceptors (Lipinski definition) is 5. The molecule has 0 radical (unpaired) electrons. The van der Waals surface area contributed by atoms with Crippen LogP contribution in [0.2, 0.25) is 0 Å². The highest BCUT2D eigenvalue weighted by molar-refractivity contribution is 5.85. The van der Waals surface area contributed by atoms with E-state index in [-0.39, 0.29) is 12.4 Å². The van der Waals surface area contributed by atoms with Crippen LogP contribution in [0.15, 0.2) is 24.4 Å². The zero-order chi connectivity index (χ0) is 16.2.